The van der Waals surface area contributed by atoms with Crippen molar-refractivity contribution in [2.24, 2.45) is 0 Å². The summed E-state index contributed by atoms with van der Waals surface area (Å²) in [5, 5.41) is 4.00. The van der Waals surface area contributed by atoms with Crippen LogP contribution in [0.25, 0.3) is 0 Å². The second-order valence-electron chi connectivity index (χ2n) is 4.27. The van der Waals surface area contributed by atoms with E-state index < -0.39 is 6.04 Å². The molecule has 1 unspecified atom stereocenters. The fourth-order valence-electron chi connectivity index (χ4n) is 1.81. The molecular formula is C12H12Cl2N2O2. The molecule has 1 N–H and O–H groups in total. The molecule has 1 saturated heterocycles. The van der Waals surface area contributed by atoms with Gasteiger partial charge < -0.3 is 5.32 Å². The summed E-state index contributed by atoms with van der Waals surface area (Å²) >= 11 is 12.1. The predicted molar refractivity (Wildman–Crippen MR) is 71.0 cm³/mol. The topological polar surface area (TPSA) is 49.4 Å². The Labute approximate surface area is 115 Å². The third-order valence-electron chi connectivity index (χ3n) is 2.96. The zero-order chi connectivity index (χ0) is 13.4. The summed E-state index contributed by atoms with van der Waals surface area (Å²) in [7, 11) is 1.47. The van der Waals surface area contributed by atoms with Crippen LogP contribution in [0.4, 0.5) is 5.69 Å². The SMILES string of the molecule is Cc1cc(Cl)c(NC2CC(=O)N(C)C2=O)cc1Cl. The Morgan fingerprint density at radius 2 is 1.94 bits per heavy atom. The van der Waals surface area contributed by atoms with Crippen LogP contribution in [0.1, 0.15) is 12.0 Å². The number of carbonyl (C=O) groups is 2. The van der Waals surface area contributed by atoms with Crippen LogP contribution in [0.15, 0.2) is 12.1 Å². The third-order valence-corrected chi connectivity index (χ3v) is 3.68. The number of carbonyl (C=O) groups excluding carboxylic acids is 2. The fourth-order valence-corrected chi connectivity index (χ4v) is 2.25. The number of anilines is 1. The lowest BCUT2D eigenvalue weighted by Crippen LogP contribution is -2.31. The summed E-state index contributed by atoms with van der Waals surface area (Å²) in [5.74, 6) is -0.459. The van der Waals surface area contributed by atoms with Crippen molar-refractivity contribution in [3.63, 3.8) is 0 Å². The maximum absolute atomic E-state index is 11.7. The molecule has 4 nitrogen and oxygen atoms in total. The molecule has 0 aliphatic carbocycles. The Morgan fingerprint density at radius 1 is 1.28 bits per heavy atom. The van der Waals surface area contributed by atoms with E-state index in [0.717, 1.165) is 10.5 Å². The van der Waals surface area contributed by atoms with Crippen LogP contribution >= 0.6 is 23.2 Å². The van der Waals surface area contributed by atoms with E-state index in [9.17, 15) is 9.59 Å². The van der Waals surface area contributed by atoms with E-state index >= 15 is 0 Å². The number of likely N-dealkylation sites (tertiary alicyclic amines) is 1. The van der Waals surface area contributed by atoms with Gasteiger partial charge in [-0.2, -0.15) is 0 Å². The Bertz CT molecular complexity index is 531. The second-order valence-corrected chi connectivity index (χ2v) is 5.09. The van der Waals surface area contributed by atoms with Gasteiger partial charge in [0.1, 0.15) is 6.04 Å². The highest BCUT2D eigenvalue weighted by atomic mass is 35.5. The van der Waals surface area contributed by atoms with Crippen molar-refractivity contribution in [2.45, 2.75) is 19.4 Å². The van der Waals surface area contributed by atoms with Gasteiger partial charge in [-0.3, -0.25) is 14.5 Å². The maximum atomic E-state index is 11.7. The van der Waals surface area contributed by atoms with Crippen molar-refractivity contribution < 1.29 is 9.59 Å². The highest BCUT2D eigenvalue weighted by Gasteiger charge is 2.36. The van der Waals surface area contributed by atoms with Crippen LogP contribution in [0.3, 0.4) is 0 Å². The summed E-state index contributed by atoms with van der Waals surface area (Å²) in [6.07, 6.45) is 0.136. The minimum Gasteiger partial charge on any atom is -0.372 e. The molecule has 0 radical (unpaired) electrons. The molecule has 1 aromatic rings. The van der Waals surface area contributed by atoms with Crippen LogP contribution in [0.2, 0.25) is 10.0 Å². The predicted octanol–water partition coefficient (Wildman–Crippen LogP) is 2.47. The van der Waals surface area contributed by atoms with Gasteiger partial charge in [-0.15, -0.1) is 0 Å². The molecule has 1 fully saturated rings. The Morgan fingerprint density at radius 3 is 2.50 bits per heavy atom. The summed E-state index contributed by atoms with van der Waals surface area (Å²) in [6.45, 7) is 1.84. The van der Waals surface area contributed by atoms with Crippen molar-refractivity contribution >= 4 is 40.7 Å². The lowest BCUT2D eigenvalue weighted by molar-refractivity contribution is -0.136. The maximum Gasteiger partial charge on any atom is 0.251 e. The highest BCUT2D eigenvalue weighted by Crippen LogP contribution is 2.30. The molecule has 2 rings (SSSR count). The molecule has 1 atom stereocenters. The molecule has 2 amide bonds. The minimum atomic E-state index is -0.571. The average molecular weight is 287 g/mol. The summed E-state index contributed by atoms with van der Waals surface area (Å²) in [6, 6.07) is 2.81. The normalized spacial score (nSPS) is 19.6. The van der Waals surface area contributed by atoms with Gasteiger partial charge in [0.2, 0.25) is 5.91 Å². The molecule has 1 aliphatic rings. The van der Waals surface area contributed by atoms with Crippen molar-refractivity contribution in [1.29, 1.82) is 0 Å². The lowest BCUT2D eigenvalue weighted by Gasteiger charge is -2.14. The van der Waals surface area contributed by atoms with Gasteiger partial charge in [-0.25, -0.2) is 0 Å². The number of nitrogens with one attached hydrogen (secondary N) is 1. The standard InChI is InChI=1S/C12H12Cl2N2O2/c1-6-3-8(14)9(4-7(6)13)15-10-5-11(17)16(2)12(10)18/h3-4,10,15H,5H2,1-2H3. The molecule has 96 valence electrons. The minimum absolute atomic E-state index is 0.136. The van der Waals surface area contributed by atoms with Gasteiger partial charge in [0.25, 0.3) is 5.91 Å². The van der Waals surface area contributed by atoms with Gasteiger partial charge in [0, 0.05) is 12.1 Å². The number of nitrogens with zero attached hydrogens (tertiary/aromatic N) is 1. The number of likely N-dealkylation sites (N-methyl/N-ethyl adjacent to an activating group) is 1. The zero-order valence-corrected chi connectivity index (χ0v) is 11.5. The molecule has 0 aromatic heterocycles. The Kier molecular flexibility index (Phi) is 3.50. The zero-order valence-electron chi connectivity index (χ0n) is 9.96. The highest BCUT2D eigenvalue weighted by molar-refractivity contribution is 6.35. The first-order valence-electron chi connectivity index (χ1n) is 5.42. The quantitative estimate of drug-likeness (QED) is 0.850. The molecule has 1 heterocycles. The molecule has 18 heavy (non-hydrogen) atoms. The van der Waals surface area contributed by atoms with Crippen LogP contribution in [-0.2, 0) is 9.59 Å². The molecule has 0 bridgehead atoms. The lowest BCUT2D eigenvalue weighted by atomic mass is 10.2. The number of hydrogen-bond donors (Lipinski definition) is 1. The number of benzene rings is 1. The van der Waals surface area contributed by atoms with E-state index in [1.54, 1.807) is 12.1 Å². The van der Waals surface area contributed by atoms with E-state index in [2.05, 4.69) is 5.32 Å². The fraction of sp³-hybridized carbons (Fsp3) is 0.333. The van der Waals surface area contributed by atoms with E-state index in [1.165, 1.54) is 7.05 Å². The van der Waals surface area contributed by atoms with Gasteiger partial charge in [0.05, 0.1) is 17.1 Å². The molecule has 0 saturated carbocycles. The number of rotatable bonds is 2. The van der Waals surface area contributed by atoms with Crippen molar-refractivity contribution in [3.05, 3.63) is 27.7 Å². The first-order chi connectivity index (χ1) is 8.40. The Hall–Kier alpha value is -1.26. The number of hydrogen-bond acceptors (Lipinski definition) is 3. The first-order valence-corrected chi connectivity index (χ1v) is 6.18. The first kappa shape index (κ1) is 13.2. The number of amides is 2. The van der Waals surface area contributed by atoms with E-state index in [-0.39, 0.29) is 18.2 Å². The summed E-state index contributed by atoms with van der Waals surface area (Å²) in [5.41, 5.74) is 1.42. The van der Waals surface area contributed by atoms with Gasteiger partial charge in [0.15, 0.2) is 0 Å². The number of aryl methyl sites for hydroxylation is 1. The molecular weight excluding hydrogens is 275 g/mol. The van der Waals surface area contributed by atoms with Crippen molar-refractivity contribution in [2.75, 3.05) is 12.4 Å². The molecule has 0 spiro atoms. The van der Waals surface area contributed by atoms with Gasteiger partial charge in [-0.1, -0.05) is 23.2 Å². The summed E-state index contributed by atoms with van der Waals surface area (Å²) in [4.78, 5) is 24.3. The van der Waals surface area contributed by atoms with Gasteiger partial charge in [-0.05, 0) is 24.6 Å². The van der Waals surface area contributed by atoms with Crippen molar-refractivity contribution in [3.8, 4) is 0 Å². The smallest absolute Gasteiger partial charge is 0.251 e. The van der Waals surface area contributed by atoms with Crippen molar-refractivity contribution in [1.82, 2.24) is 4.90 Å². The molecule has 1 aliphatic heterocycles. The largest absolute Gasteiger partial charge is 0.372 e. The Balaban J connectivity index is 2.23. The summed E-state index contributed by atoms with van der Waals surface area (Å²) < 4.78 is 0. The van der Waals surface area contributed by atoms with Crippen LogP contribution in [-0.4, -0.2) is 29.8 Å². The van der Waals surface area contributed by atoms with Gasteiger partial charge >= 0.3 is 0 Å². The third kappa shape index (κ3) is 2.31. The molecule has 1 aromatic carbocycles. The van der Waals surface area contributed by atoms with E-state index in [0.29, 0.717) is 15.7 Å². The number of imide groups is 1. The van der Waals surface area contributed by atoms with Crippen LogP contribution in [0.5, 0.6) is 0 Å². The van der Waals surface area contributed by atoms with Crippen LogP contribution in [0, 0.1) is 6.92 Å². The second kappa shape index (κ2) is 4.78. The van der Waals surface area contributed by atoms with E-state index in [4.69, 9.17) is 23.2 Å². The van der Waals surface area contributed by atoms with E-state index in [1.807, 2.05) is 6.92 Å². The monoisotopic (exact) mass is 286 g/mol. The number of halogens is 2. The van der Waals surface area contributed by atoms with Crippen LogP contribution < -0.4 is 5.32 Å². The average Bonchev–Trinajstić information content (AvgIpc) is 2.54. The molecule has 6 heteroatoms.